The summed E-state index contributed by atoms with van der Waals surface area (Å²) in [5, 5.41) is 18.2. The molecule has 1 heterocycles. The van der Waals surface area contributed by atoms with Gasteiger partial charge in [0.2, 0.25) is 0 Å². The third kappa shape index (κ3) is 4.66. The smallest absolute Gasteiger partial charge is 0.324 e. The van der Waals surface area contributed by atoms with Crippen LogP contribution < -0.4 is 10.4 Å². The van der Waals surface area contributed by atoms with Crippen molar-refractivity contribution in [2.24, 2.45) is 0 Å². The summed E-state index contributed by atoms with van der Waals surface area (Å²) in [6.07, 6.45) is 0. The number of morpholine rings is 1. The molecule has 8 nitrogen and oxygen atoms in total. The van der Waals surface area contributed by atoms with Crippen molar-refractivity contribution in [3.63, 3.8) is 0 Å². The quantitative estimate of drug-likeness (QED) is 0.538. The van der Waals surface area contributed by atoms with Gasteiger partial charge in [-0.25, -0.2) is 10.3 Å². The van der Waals surface area contributed by atoms with E-state index in [0.717, 1.165) is 5.56 Å². The third-order valence-corrected chi connectivity index (χ3v) is 4.58. The van der Waals surface area contributed by atoms with Gasteiger partial charge in [0.25, 0.3) is 5.91 Å². The molecule has 0 atom stereocenters. The van der Waals surface area contributed by atoms with Gasteiger partial charge in [-0.05, 0) is 35.4 Å². The lowest BCUT2D eigenvalue weighted by molar-refractivity contribution is 0.0548. The molecular weight excluding hydrogens is 362 g/mol. The number of nitrogens with one attached hydrogen (secondary N) is 1. The molecule has 3 N–H and O–H groups in total. The standard InChI is InChI=1S/C20H23N3O5/c24-14-16-2-1-3-18(12-16)23(20(26)22-8-10-28-11-9-22)13-15-4-6-17(7-5-15)19(25)21-27/h1-7,12,24,27H,8-11,13-14H2,(H,21,25). The summed E-state index contributed by atoms with van der Waals surface area (Å²) in [6, 6.07) is 13.7. The summed E-state index contributed by atoms with van der Waals surface area (Å²) in [5.74, 6) is -0.594. The van der Waals surface area contributed by atoms with E-state index in [9.17, 15) is 14.7 Å². The first kappa shape index (κ1) is 19.8. The first-order valence-corrected chi connectivity index (χ1v) is 8.99. The number of anilines is 1. The number of benzene rings is 2. The van der Waals surface area contributed by atoms with Crippen molar-refractivity contribution in [1.82, 2.24) is 10.4 Å². The van der Waals surface area contributed by atoms with Crippen LogP contribution in [0.4, 0.5) is 10.5 Å². The van der Waals surface area contributed by atoms with E-state index in [-0.39, 0.29) is 12.6 Å². The Morgan fingerprint density at radius 1 is 1.07 bits per heavy atom. The van der Waals surface area contributed by atoms with E-state index in [0.29, 0.717) is 49.7 Å². The van der Waals surface area contributed by atoms with Crippen LogP contribution in [0.3, 0.4) is 0 Å². The van der Waals surface area contributed by atoms with Crippen LogP contribution in [0.5, 0.6) is 0 Å². The molecule has 3 rings (SSSR count). The monoisotopic (exact) mass is 385 g/mol. The third-order valence-electron chi connectivity index (χ3n) is 4.58. The molecule has 1 saturated heterocycles. The van der Waals surface area contributed by atoms with E-state index in [4.69, 9.17) is 9.94 Å². The second-order valence-corrected chi connectivity index (χ2v) is 6.43. The molecule has 1 aliphatic heterocycles. The van der Waals surface area contributed by atoms with Crippen LogP contribution >= 0.6 is 0 Å². The maximum Gasteiger partial charge on any atom is 0.324 e. The Bertz CT molecular complexity index is 819. The maximum absolute atomic E-state index is 13.2. The molecule has 0 saturated carbocycles. The number of hydroxylamine groups is 1. The van der Waals surface area contributed by atoms with Crippen molar-refractivity contribution < 1.29 is 24.6 Å². The number of ether oxygens (including phenoxy) is 1. The Kier molecular flexibility index (Phi) is 6.59. The molecule has 28 heavy (non-hydrogen) atoms. The number of hydrogen-bond donors (Lipinski definition) is 3. The molecule has 0 unspecified atom stereocenters. The van der Waals surface area contributed by atoms with Gasteiger partial charge in [0.1, 0.15) is 0 Å². The van der Waals surface area contributed by atoms with Crippen molar-refractivity contribution >= 4 is 17.6 Å². The highest BCUT2D eigenvalue weighted by Crippen LogP contribution is 2.22. The van der Waals surface area contributed by atoms with Crippen LogP contribution in [0, 0.1) is 0 Å². The zero-order chi connectivity index (χ0) is 19.9. The Morgan fingerprint density at radius 2 is 1.79 bits per heavy atom. The largest absolute Gasteiger partial charge is 0.392 e. The summed E-state index contributed by atoms with van der Waals surface area (Å²) in [5.41, 5.74) is 4.13. The first-order chi connectivity index (χ1) is 13.6. The predicted molar refractivity (Wildman–Crippen MR) is 102 cm³/mol. The van der Waals surface area contributed by atoms with Gasteiger partial charge in [0, 0.05) is 24.3 Å². The second kappa shape index (κ2) is 9.32. The van der Waals surface area contributed by atoms with Gasteiger partial charge in [0.05, 0.1) is 26.4 Å². The number of hydrogen-bond acceptors (Lipinski definition) is 5. The van der Waals surface area contributed by atoms with Crippen LogP contribution in [0.2, 0.25) is 0 Å². The number of nitrogens with zero attached hydrogens (tertiary/aromatic N) is 2. The van der Waals surface area contributed by atoms with E-state index < -0.39 is 5.91 Å². The highest BCUT2D eigenvalue weighted by Gasteiger charge is 2.24. The normalized spacial score (nSPS) is 13.9. The Labute approximate surface area is 162 Å². The summed E-state index contributed by atoms with van der Waals surface area (Å²) in [6.45, 7) is 2.22. The Hall–Kier alpha value is -2.94. The first-order valence-electron chi connectivity index (χ1n) is 8.99. The zero-order valence-electron chi connectivity index (χ0n) is 15.4. The Balaban J connectivity index is 1.86. The predicted octanol–water partition coefficient (Wildman–Crippen LogP) is 1.76. The van der Waals surface area contributed by atoms with Crippen LogP contribution in [-0.2, 0) is 17.9 Å². The molecule has 1 fully saturated rings. The molecule has 0 aliphatic carbocycles. The molecule has 3 amide bonds. The molecule has 1 aliphatic rings. The van der Waals surface area contributed by atoms with Gasteiger partial charge < -0.3 is 14.7 Å². The number of aliphatic hydroxyl groups is 1. The fourth-order valence-corrected chi connectivity index (χ4v) is 3.03. The molecule has 2 aromatic carbocycles. The summed E-state index contributed by atoms with van der Waals surface area (Å²) < 4.78 is 5.33. The van der Waals surface area contributed by atoms with E-state index in [2.05, 4.69) is 0 Å². The Morgan fingerprint density at radius 3 is 2.43 bits per heavy atom. The number of urea groups is 1. The van der Waals surface area contributed by atoms with Gasteiger partial charge >= 0.3 is 6.03 Å². The van der Waals surface area contributed by atoms with Gasteiger partial charge in [-0.1, -0.05) is 24.3 Å². The highest BCUT2D eigenvalue weighted by molar-refractivity contribution is 5.94. The van der Waals surface area contributed by atoms with Crippen LogP contribution in [0.1, 0.15) is 21.5 Å². The van der Waals surface area contributed by atoms with Crippen molar-refractivity contribution in [1.29, 1.82) is 0 Å². The van der Waals surface area contributed by atoms with E-state index in [1.165, 1.54) is 0 Å². The number of carbonyl (C=O) groups excluding carboxylic acids is 2. The molecule has 2 aromatic rings. The minimum Gasteiger partial charge on any atom is -0.392 e. The number of amides is 3. The van der Waals surface area contributed by atoms with Crippen LogP contribution in [0.25, 0.3) is 0 Å². The van der Waals surface area contributed by atoms with Crippen LogP contribution in [-0.4, -0.2) is 53.5 Å². The van der Waals surface area contributed by atoms with Crippen LogP contribution in [0.15, 0.2) is 48.5 Å². The zero-order valence-corrected chi connectivity index (χ0v) is 15.4. The molecule has 0 radical (unpaired) electrons. The summed E-state index contributed by atoms with van der Waals surface area (Å²) in [4.78, 5) is 28.0. The topological polar surface area (TPSA) is 102 Å². The van der Waals surface area contributed by atoms with Crippen molar-refractivity contribution in [2.45, 2.75) is 13.2 Å². The van der Waals surface area contributed by atoms with Gasteiger partial charge in [-0.2, -0.15) is 0 Å². The lowest BCUT2D eigenvalue weighted by atomic mass is 10.1. The molecular formula is C20H23N3O5. The molecule has 148 valence electrons. The molecule has 0 aromatic heterocycles. The molecule has 0 spiro atoms. The second-order valence-electron chi connectivity index (χ2n) is 6.43. The highest BCUT2D eigenvalue weighted by atomic mass is 16.5. The average molecular weight is 385 g/mol. The van der Waals surface area contributed by atoms with E-state index in [1.54, 1.807) is 57.7 Å². The minimum absolute atomic E-state index is 0.113. The molecule has 0 bridgehead atoms. The SMILES string of the molecule is O=C(NO)c1ccc(CN(C(=O)N2CCOCC2)c2cccc(CO)c2)cc1. The van der Waals surface area contributed by atoms with Gasteiger partial charge in [0.15, 0.2) is 0 Å². The van der Waals surface area contributed by atoms with E-state index >= 15 is 0 Å². The van der Waals surface area contributed by atoms with E-state index in [1.807, 2.05) is 6.07 Å². The minimum atomic E-state index is -0.594. The summed E-state index contributed by atoms with van der Waals surface area (Å²) >= 11 is 0. The van der Waals surface area contributed by atoms with Gasteiger partial charge in [-0.3, -0.25) is 14.9 Å². The van der Waals surface area contributed by atoms with Crippen molar-refractivity contribution in [3.05, 3.63) is 65.2 Å². The van der Waals surface area contributed by atoms with Crippen molar-refractivity contribution in [2.75, 3.05) is 31.2 Å². The average Bonchev–Trinajstić information content (AvgIpc) is 2.77. The fourth-order valence-electron chi connectivity index (χ4n) is 3.03. The van der Waals surface area contributed by atoms with Gasteiger partial charge in [-0.15, -0.1) is 0 Å². The lowest BCUT2D eigenvalue weighted by Crippen LogP contribution is -2.48. The number of aliphatic hydroxyl groups excluding tert-OH is 1. The summed E-state index contributed by atoms with van der Waals surface area (Å²) in [7, 11) is 0. The number of carbonyl (C=O) groups is 2. The maximum atomic E-state index is 13.2. The fraction of sp³-hybridized carbons (Fsp3) is 0.300. The number of rotatable bonds is 5. The lowest BCUT2D eigenvalue weighted by Gasteiger charge is -2.33. The van der Waals surface area contributed by atoms with Crippen molar-refractivity contribution in [3.8, 4) is 0 Å². The molecule has 8 heteroatoms.